The molecule has 1 amide bonds. The van der Waals surface area contributed by atoms with Crippen molar-refractivity contribution in [1.29, 1.82) is 0 Å². The van der Waals surface area contributed by atoms with Crippen molar-refractivity contribution in [2.45, 2.75) is 17.9 Å². The van der Waals surface area contributed by atoms with Gasteiger partial charge in [-0.2, -0.15) is 0 Å². The second-order valence-electron chi connectivity index (χ2n) is 2.91. The number of β-lactam (4-membered cyclic amide) rings is 1. The van der Waals surface area contributed by atoms with Crippen molar-refractivity contribution in [1.82, 2.24) is 4.90 Å². The zero-order chi connectivity index (χ0) is 8.01. The Balaban J connectivity index is 2.13. The van der Waals surface area contributed by atoms with Crippen LogP contribution in [0.1, 0.15) is 6.42 Å². The zero-order valence-electron chi connectivity index (χ0n) is 5.90. The fourth-order valence-electron chi connectivity index (χ4n) is 1.46. The van der Waals surface area contributed by atoms with Gasteiger partial charge >= 0.3 is 0 Å². The van der Waals surface area contributed by atoms with Crippen LogP contribution in [0.5, 0.6) is 0 Å². The summed E-state index contributed by atoms with van der Waals surface area (Å²) in [6, 6.07) is 0. The summed E-state index contributed by atoms with van der Waals surface area (Å²) in [7, 11) is -0.191. The SMILES string of the molecule is O=C1C[C@@H]2N1CC(O)CS2=S. The van der Waals surface area contributed by atoms with E-state index in [0.717, 1.165) is 0 Å². The molecule has 0 aliphatic carbocycles. The molecule has 0 bridgehead atoms. The highest BCUT2D eigenvalue weighted by Gasteiger charge is 2.42. The molecule has 1 N–H and O–H groups in total. The van der Waals surface area contributed by atoms with Gasteiger partial charge in [0.1, 0.15) is 0 Å². The van der Waals surface area contributed by atoms with E-state index in [0.29, 0.717) is 18.7 Å². The normalized spacial score (nSPS) is 43.2. The van der Waals surface area contributed by atoms with E-state index >= 15 is 0 Å². The molecule has 2 aliphatic heterocycles. The molecule has 0 spiro atoms. The number of aliphatic hydroxyl groups is 1. The molecule has 0 aromatic rings. The Labute approximate surface area is 72.0 Å². The largest absolute Gasteiger partial charge is 0.390 e. The number of hydrogen-bond acceptors (Lipinski definition) is 3. The Morgan fingerprint density at radius 3 is 3.09 bits per heavy atom. The smallest absolute Gasteiger partial charge is 0.226 e. The first kappa shape index (κ1) is 7.64. The quantitative estimate of drug-likeness (QED) is 0.499. The predicted octanol–water partition coefficient (Wildman–Crippen LogP) is -1.00. The molecule has 2 fully saturated rings. The zero-order valence-corrected chi connectivity index (χ0v) is 7.53. The Bertz CT molecular complexity index is 231. The summed E-state index contributed by atoms with van der Waals surface area (Å²) in [5.41, 5.74) is 0. The lowest BCUT2D eigenvalue weighted by molar-refractivity contribution is -0.143. The van der Waals surface area contributed by atoms with Crippen LogP contribution in [0.2, 0.25) is 0 Å². The third-order valence-corrected chi connectivity index (χ3v) is 4.90. The molecule has 11 heavy (non-hydrogen) atoms. The van der Waals surface area contributed by atoms with Crippen molar-refractivity contribution < 1.29 is 9.90 Å². The maximum absolute atomic E-state index is 10.9. The number of fused-ring (bicyclic) bond motifs is 1. The Hall–Kier alpha value is -0.0000000000000000833. The first-order valence-electron chi connectivity index (χ1n) is 3.53. The van der Waals surface area contributed by atoms with Gasteiger partial charge < -0.3 is 10.0 Å². The van der Waals surface area contributed by atoms with Gasteiger partial charge in [0, 0.05) is 12.3 Å². The Morgan fingerprint density at radius 1 is 1.73 bits per heavy atom. The van der Waals surface area contributed by atoms with Crippen LogP contribution in [0.3, 0.4) is 0 Å². The van der Waals surface area contributed by atoms with E-state index in [1.165, 1.54) is 0 Å². The van der Waals surface area contributed by atoms with Crippen LogP contribution in [-0.4, -0.2) is 39.7 Å². The van der Waals surface area contributed by atoms with Crippen molar-refractivity contribution in [3.63, 3.8) is 0 Å². The van der Waals surface area contributed by atoms with E-state index < -0.39 is 0 Å². The summed E-state index contributed by atoms with van der Waals surface area (Å²) in [6.45, 7) is 0.504. The third-order valence-electron chi connectivity index (χ3n) is 2.08. The number of hydrogen-bond donors (Lipinski definition) is 1. The Kier molecular flexibility index (Phi) is 1.74. The molecule has 2 unspecified atom stereocenters. The number of nitrogens with zero attached hydrogens (tertiary/aromatic N) is 1. The fraction of sp³-hybridized carbons (Fsp3) is 0.833. The summed E-state index contributed by atoms with van der Waals surface area (Å²) in [5.74, 6) is 0.847. The van der Waals surface area contributed by atoms with E-state index in [1.54, 1.807) is 4.90 Å². The molecular weight excluding hydrogens is 182 g/mol. The van der Waals surface area contributed by atoms with E-state index in [2.05, 4.69) is 0 Å². The average Bonchev–Trinajstić information content (AvgIpc) is 1.93. The maximum Gasteiger partial charge on any atom is 0.226 e. The van der Waals surface area contributed by atoms with Crippen LogP contribution in [0.4, 0.5) is 0 Å². The molecule has 2 saturated heterocycles. The van der Waals surface area contributed by atoms with Gasteiger partial charge in [-0.1, -0.05) is 9.45 Å². The second kappa shape index (κ2) is 2.50. The Morgan fingerprint density at radius 2 is 2.45 bits per heavy atom. The van der Waals surface area contributed by atoms with Crippen LogP contribution in [0.15, 0.2) is 0 Å². The minimum atomic E-state index is -0.378. The fourth-order valence-corrected chi connectivity index (χ4v) is 3.97. The first-order valence-corrected chi connectivity index (χ1v) is 5.91. The highest BCUT2D eigenvalue weighted by atomic mass is 32.8. The van der Waals surface area contributed by atoms with Gasteiger partial charge in [0.2, 0.25) is 5.91 Å². The predicted molar refractivity (Wildman–Crippen MR) is 45.7 cm³/mol. The number of carbonyl (C=O) groups is 1. The molecule has 62 valence electrons. The van der Waals surface area contributed by atoms with Crippen LogP contribution in [-0.2, 0) is 25.4 Å². The lowest BCUT2D eigenvalue weighted by Gasteiger charge is -2.46. The van der Waals surface area contributed by atoms with Crippen LogP contribution >= 0.6 is 0 Å². The summed E-state index contributed by atoms with van der Waals surface area (Å²) >= 11 is 5.14. The highest BCUT2D eigenvalue weighted by molar-refractivity contribution is 8.29. The highest BCUT2D eigenvalue weighted by Crippen LogP contribution is 2.27. The molecule has 3 nitrogen and oxygen atoms in total. The van der Waals surface area contributed by atoms with Gasteiger partial charge in [-0.15, -0.1) is 0 Å². The van der Waals surface area contributed by atoms with Crippen molar-refractivity contribution in [2.24, 2.45) is 0 Å². The van der Waals surface area contributed by atoms with Crippen LogP contribution in [0, 0.1) is 0 Å². The molecule has 0 radical (unpaired) electrons. The van der Waals surface area contributed by atoms with Gasteiger partial charge in [0.25, 0.3) is 0 Å². The lowest BCUT2D eigenvalue weighted by atomic mass is 10.2. The van der Waals surface area contributed by atoms with Gasteiger partial charge in [0.05, 0.1) is 17.9 Å². The third kappa shape index (κ3) is 1.11. The molecule has 0 aromatic heterocycles. The first-order chi connectivity index (χ1) is 5.18. The summed E-state index contributed by atoms with van der Waals surface area (Å²) in [4.78, 5) is 12.6. The molecule has 2 aliphatic rings. The van der Waals surface area contributed by atoms with Crippen molar-refractivity contribution in [3.05, 3.63) is 0 Å². The number of rotatable bonds is 0. The standard InChI is InChI=1S/C6H9NO2S2/c8-4-2-7-5(9)1-6(7)11(10)3-4/h4,6,8H,1-3H2/t4?,6-,11?/m1/s1. The lowest BCUT2D eigenvalue weighted by Crippen LogP contribution is -2.61. The van der Waals surface area contributed by atoms with E-state index in [9.17, 15) is 9.90 Å². The van der Waals surface area contributed by atoms with Gasteiger partial charge in [-0.25, -0.2) is 0 Å². The number of amides is 1. The molecule has 5 heteroatoms. The number of carbonyl (C=O) groups excluding carboxylic acids is 1. The summed E-state index contributed by atoms with van der Waals surface area (Å²) < 4.78 is 0. The van der Waals surface area contributed by atoms with E-state index in [1.807, 2.05) is 0 Å². The second-order valence-corrected chi connectivity index (χ2v) is 5.83. The minimum absolute atomic E-state index is 0.149. The van der Waals surface area contributed by atoms with Crippen molar-refractivity contribution >= 4 is 26.5 Å². The van der Waals surface area contributed by atoms with Gasteiger partial charge in [-0.3, -0.25) is 4.79 Å². The topological polar surface area (TPSA) is 40.5 Å². The van der Waals surface area contributed by atoms with Crippen LogP contribution < -0.4 is 0 Å². The molecular formula is C6H9NO2S2. The van der Waals surface area contributed by atoms with Gasteiger partial charge in [-0.05, 0) is 11.2 Å². The van der Waals surface area contributed by atoms with Crippen LogP contribution in [0.25, 0.3) is 0 Å². The van der Waals surface area contributed by atoms with Crippen molar-refractivity contribution in [3.8, 4) is 0 Å². The summed E-state index contributed by atoms with van der Waals surface area (Å²) in [5, 5.41) is 9.54. The number of aliphatic hydroxyl groups excluding tert-OH is 1. The molecule has 0 saturated carbocycles. The monoisotopic (exact) mass is 191 g/mol. The molecule has 3 atom stereocenters. The molecule has 2 rings (SSSR count). The molecule has 0 aromatic carbocycles. The summed E-state index contributed by atoms with van der Waals surface area (Å²) in [6.07, 6.45) is 0.232. The van der Waals surface area contributed by atoms with Crippen molar-refractivity contribution in [2.75, 3.05) is 12.3 Å². The van der Waals surface area contributed by atoms with Gasteiger partial charge in [0.15, 0.2) is 0 Å². The maximum atomic E-state index is 10.9. The average molecular weight is 191 g/mol. The molecule has 2 heterocycles. The minimum Gasteiger partial charge on any atom is -0.390 e. The van der Waals surface area contributed by atoms with E-state index in [-0.39, 0.29) is 26.8 Å². The van der Waals surface area contributed by atoms with E-state index in [4.69, 9.17) is 11.2 Å².